The van der Waals surface area contributed by atoms with Crippen LogP contribution in [-0.2, 0) is 10.8 Å². The van der Waals surface area contributed by atoms with Gasteiger partial charge < -0.3 is 0 Å². The summed E-state index contributed by atoms with van der Waals surface area (Å²) < 4.78 is 0. The van der Waals surface area contributed by atoms with Crippen molar-refractivity contribution in [2.45, 2.75) is 50.9 Å². The average Bonchev–Trinajstić information content (AvgIpc) is 2.92. The topological polar surface area (TPSA) is 0 Å². The molecule has 0 bridgehead atoms. The van der Waals surface area contributed by atoms with E-state index in [1.54, 1.807) is 0 Å². The molecule has 0 amide bonds. The lowest BCUT2D eigenvalue weighted by Gasteiger charge is -2.56. The molecule has 1 saturated carbocycles. The van der Waals surface area contributed by atoms with E-state index in [1.165, 1.54) is 36.0 Å². The first-order valence-corrected chi connectivity index (χ1v) is 12.7. The maximum atomic E-state index is 2.51. The first kappa shape index (κ1) is 24.0. The molecule has 4 aromatic carbocycles. The monoisotopic (exact) mass is 446 g/mol. The Hall–Kier alpha value is -3.12. The second kappa shape index (κ2) is 10.9. The lowest BCUT2D eigenvalue weighted by Crippen LogP contribution is -2.53. The molecule has 0 heteroatoms. The van der Waals surface area contributed by atoms with Gasteiger partial charge in [0.15, 0.2) is 0 Å². The Morgan fingerprint density at radius 2 is 0.912 bits per heavy atom. The fraction of sp³-hybridized carbons (Fsp3) is 0.294. The van der Waals surface area contributed by atoms with Crippen molar-refractivity contribution in [2.75, 3.05) is 0 Å². The quantitative estimate of drug-likeness (QED) is 0.293. The largest absolute Gasteiger partial charge is 0.0625 e. The van der Waals surface area contributed by atoms with Gasteiger partial charge in [-0.05, 0) is 47.8 Å². The third-order valence-electron chi connectivity index (χ3n) is 8.08. The van der Waals surface area contributed by atoms with Gasteiger partial charge in [0.25, 0.3) is 0 Å². The van der Waals surface area contributed by atoms with E-state index in [0.717, 1.165) is 5.92 Å². The Bertz CT molecular complexity index is 1030. The molecule has 0 saturated heterocycles. The van der Waals surface area contributed by atoms with Crippen LogP contribution in [0, 0.1) is 11.8 Å². The van der Waals surface area contributed by atoms with Crippen molar-refractivity contribution in [2.24, 2.45) is 11.8 Å². The van der Waals surface area contributed by atoms with Crippen molar-refractivity contribution >= 4 is 0 Å². The molecule has 34 heavy (non-hydrogen) atoms. The first-order chi connectivity index (χ1) is 16.6. The molecule has 0 spiro atoms. The Kier molecular flexibility index (Phi) is 7.68. The van der Waals surface area contributed by atoms with Crippen molar-refractivity contribution in [3.8, 4) is 0 Å². The van der Waals surface area contributed by atoms with Crippen LogP contribution in [0.1, 0.15) is 56.7 Å². The van der Waals surface area contributed by atoms with Gasteiger partial charge in [-0.3, -0.25) is 0 Å². The van der Waals surface area contributed by atoms with Gasteiger partial charge in [0.1, 0.15) is 0 Å². The molecular formula is C34H38. The molecule has 174 valence electrons. The van der Waals surface area contributed by atoms with Gasteiger partial charge in [0.2, 0.25) is 0 Å². The van der Waals surface area contributed by atoms with Crippen LogP contribution in [0.2, 0.25) is 0 Å². The summed E-state index contributed by atoms with van der Waals surface area (Å²) in [5.74, 6) is 1.43. The van der Waals surface area contributed by atoms with Gasteiger partial charge in [-0.25, -0.2) is 0 Å². The van der Waals surface area contributed by atoms with Crippen LogP contribution < -0.4 is 0 Å². The lowest BCUT2D eigenvalue weighted by molar-refractivity contribution is 0.117. The molecule has 0 aliphatic heterocycles. The molecule has 0 aromatic heterocycles. The molecule has 2 atom stereocenters. The van der Waals surface area contributed by atoms with Gasteiger partial charge in [-0.1, -0.05) is 148 Å². The van der Waals surface area contributed by atoms with E-state index < -0.39 is 0 Å². The van der Waals surface area contributed by atoms with E-state index >= 15 is 0 Å². The third-order valence-corrected chi connectivity index (χ3v) is 8.08. The van der Waals surface area contributed by atoms with E-state index in [9.17, 15) is 0 Å². The minimum absolute atomic E-state index is 0.0237. The van der Waals surface area contributed by atoms with Crippen molar-refractivity contribution < 1.29 is 0 Å². The molecule has 4 aromatic rings. The molecule has 1 aliphatic rings. The maximum absolute atomic E-state index is 2.51. The molecule has 0 heterocycles. The summed E-state index contributed by atoms with van der Waals surface area (Å²) in [7, 11) is 0. The average molecular weight is 447 g/mol. The zero-order valence-electron chi connectivity index (χ0n) is 20.9. The molecule has 0 nitrogen and oxygen atoms in total. The van der Waals surface area contributed by atoms with Crippen LogP contribution in [0.15, 0.2) is 127 Å². The highest BCUT2D eigenvalue weighted by molar-refractivity contribution is 5.49. The Morgan fingerprint density at radius 1 is 0.559 bits per heavy atom. The van der Waals surface area contributed by atoms with Crippen LogP contribution in [0.3, 0.4) is 0 Å². The van der Waals surface area contributed by atoms with Crippen LogP contribution in [0.25, 0.3) is 0 Å². The standard InChI is InChI=1S/C28H32.C6H6/c1-22(2)23-19-20-27(3,24-13-7-4-8-14-24)28(21-23,25-15-9-5-10-16-25)26-17-11-6-12-18-26;1-2-4-6-5-3-1/h4-18,22-23H,19-21H2,1-3H3;1-6H. The summed E-state index contributed by atoms with van der Waals surface area (Å²) in [6.07, 6.45) is 3.71. The summed E-state index contributed by atoms with van der Waals surface area (Å²) in [5, 5.41) is 0. The fourth-order valence-corrected chi connectivity index (χ4v) is 6.04. The van der Waals surface area contributed by atoms with Crippen LogP contribution >= 0.6 is 0 Å². The highest BCUT2D eigenvalue weighted by Gasteiger charge is 2.54. The summed E-state index contributed by atoms with van der Waals surface area (Å²) in [6.45, 7) is 7.31. The zero-order valence-corrected chi connectivity index (χ0v) is 20.9. The lowest BCUT2D eigenvalue weighted by atomic mass is 9.47. The summed E-state index contributed by atoms with van der Waals surface area (Å²) in [4.78, 5) is 0. The van der Waals surface area contributed by atoms with Crippen molar-refractivity contribution in [1.29, 1.82) is 0 Å². The van der Waals surface area contributed by atoms with Gasteiger partial charge >= 0.3 is 0 Å². The molecule has 0 radical (unpaired) electrons. The van der Waals surface area contributed by atoms with E-state index in [0.29, 0.717) is 5.92 Å². The van der Waals surface area contributed by atoms with E-state index in [2.05, 4.69) is 112 Å². The Balaban J connectivity index is 0.000000398. The highest BCUT2D eigenvalue weighted by Crippen LogP contribution is 2.59. The molecule has 5 rings (SSSR count). The predicted molar refractivity (Wildman–Crippen MR) is 146 cm³/mol. The summed E-state index contributed by atoms with van der Waals surface area (Å²) >= 11 is 0. The van der Waals surface area contributed by atoms with E-state index in [1.807, 2.05) is 36.4 Å². The maximum Gasteiger partial charge on any atom is 0.0299 e. The van der Waals surface area contributed by atoms with Crippen molar-refractivity contribution in [3.05, 3.63) is 144 Å². The van der Waals surface area contributed by atoms with E-state index in [-0.39, 0.29) is 10.8 Å². The zero-order chi connectivity index (χ0) is 23.9. The van der Waals surface area contributed by atoms with Gasteiger partial charge in [-0.15, -0.1) is 0 Å². The number of benzene rings is 4. The first-order valence-electron chi connectivity index (χ1n) is 12.7. The van der Waals surface area contributed by atoms with Crippen molar-refractivity contribution in [1.82, 2.24) is 0 Å². The predicted octanol–water partition coefficient (Wildman–Crippen LogP) is 9.07. The fourth-order valence-electron chi connectivity index (χ4n) is 6.04. The summed E-state index contributed by atoms with van der Waals surface area (Å²) in [6, 6.07) is 45.8. The third kappa shape index (κ3) is 4.73. The summed E-state index contributed by atoms with van der Waals surface area (Å²) in [5.41, 5.74) is 4.41. The molecule has 1 aliphatic carbocycles. The number of hydrogen-bond acceptors (Lipinski definition) is 0. The smallest absolute Gasteiger partial charge is 0.0299 e. The van der Waals surface area contributed by atoms with Crippen LogP contribution in [0.4, 0.5) is 0 Å². The Labute approximate surface area is 206 Å². The Morgan fingerprint density at radius 3 is 1.29 bits per heavy atom. The molecular weight excluding hydrogens is 408 g/mol. The van der Waals surface area contributed by atoms with Gasteiger partial charge in [-0.2, -0.15) is 0 Å². The molecule has 2 unspecified atom stereocenters. The van der Waals surface area contributed by atoms with Crippen LogP contribution in [0.5, 0.6) is 0 Å². The van der Waals surface area contributed by atoms with Crippen molar-refractivity contribution in [3.63, 3.8) is 0 Å². The number of rotatable bonds is 4. The minimum Gasteiger partial charge on any atom is -0.0625 e. The minimum atomic E-state index is -0.0237. The van der Waals surface area contributed by atoms with Gasteiger partial charge in [0.05, 0.1) is 0 Å². The second-order valence-electron chi connectivity index (χ2n) is 10.2. The normalized spacial score (nSPS) is 21.4. The van der Waals surface area contributed by atoms with Crippen LogP contribution in [-0.4, -0.2) is 0 Å². The number of hydrogen-bond donors (Lipinski definition) is 0. The van der Waals surface area contributed by atoms with Gasteiger partial charge in [0, 0.05) is 10.8 Å². The van der Waals surface area contributed by atoms with E-state index in [4.69, 9.17) is 0 Å². The SMILES string of the molecule is CC(C)C1CCC(C)(c2ccccc2)C(c2ccccc2)(c2ccccc2)C1.c1ccccc1. The second-order valence-corrected chi connectivity index (χ2v) is 10.2. The molecule has 0 N–H and O–H groups in total. The molecule has 1 fully saturated rings. The highest BCUT2D eigenvalue weighted by atomic mass is 14.6.